The van der Waals surface area contributed by atoms with Gasteiger partial charge < -0.3 is 10.6 Å². The van der Waals surface area contributed by atoms with Crippen molar-refractivity contribution in [1.82, 2.24) is 10.6 Å². The maximum atomic E-state index is 11.4. The lowest BCUT2D eigenvalue weighted by Crippen LogP contribution is -2.38. The molecule has 1 heterocycles. The third-order valence-electron chi connectivity index (χ3n) is 2.37. The summed E-state index contributed by atoms with van der Waals surface area (Å²) in [6.07, 6.45) is 2.88. The zero-order chi connectivity index (χ0) is 10.2. The lowest BCUT2D eigenvalue weighted by atomic mass is 10.1. The first-order valence-corrected chi connectivity index (χ1v) is 6.56. The average molecular weight is 216 g/mol. The van der Waals surface area contributed by atoms with Crippen molar-refractivity contribution in [3.8, 4) is 0 Å². The molecule has 0 saturated carbocycles. The van der Waals surface area contributed by atoms with E-state index in [0.717, 1.165) is 25.9 Å². The van der Waals surface area contributed by atoms with Crippen LogP contribution in [0.2, 0.25) is 0 Å². The van der Waals surface area contributed by atoms with Gasteiger partial charge in [-0.1, -0.05) is 6.92 Å². The van der Waals surface area contributed by atoms with Crippen LogP contribution in [-0.4, -0.2) is 36.5 Å². The van der Waals surface area contributed by atoms with Crippen LogP contribution >= 0.6 is 11.8 Å². The van der Waals surface area contributed by atoms with Gasteiger partial charge in [-0.05, 0) is 30.9 Å². The summed E-state index contributed by atoms with van der Waals surface area (Å²) in [4.78, 5) is 11.4. The first-order chi connectivity index (χ1) is 6.83. The highest BCUT2D eigenvalue weighted by molar-refractivity contribution is 7.99. The van der Waals surface area contributed by atoms with E-state index in [9.17, 15) is 4.79 Å². The molecule has 2 N–H and O–H groups in total. The Bertz CT molecular complexity index is 170. The molecule has 0 aromatic rings. The summed E-state index contributed by atoms with van der Waals surface area (Å²) in [5.74, 6) is 2.58. The molecule has 0 bridgehead atoms. The number of amides is 1. The summed E-state index contributed by atoms with van der Waals surface area (Å²) < 4.78 is 0. The predicted molar refractivity (Wildman–Crippen MR) is 61.7 cm³/mol. The van der Waals surface area contributed by atoms with Crippen LogP contribution in [0, 0.1) is 0 Å². The molecule has 1 fully saturated rings. The van der Waals surface area contributed by atoms with Crippen molar-refractivity contribution in [3.63, 3.8) is 0 Å². The van der Waals surface area contributed by atoms with E-state index in [4.69, 9.17) is 0 Å². The number of carbonyl (C=O) groups excluding carboxylic acids is 1. The summed E-state index contributed by atoms with van der Waals surface area (Å²) in [6.45, 7) is 3.79. The molecule has 4 heteroatoms. The lowest BCUT2D eigenvalue weighted by molar-refractivity contribution is -0.121. The second-order valence-electron chi connectivity index (χ2n) is 3.56. The Morgan fingerprint density at radius 3 is 2.79 bits per heavy atom. The maximum Gasteiger partial charge on any atom is 0.221 e. The second-order valence-corrected chi connectivity index (χ2v) is 4.78. The smallest absolute Gasteiger partial charge is 0.221 e. The number of rotatable bonds is 5. The lowest BCUT2D eigenvalue weighted by Gasteiger charge is -2.22. The zero-order valence-corrected chi connectivity index (χ0v) is 9.66. The van der Waals surface area contributed by atoms with Gasteiger partial charge in [-0.25, -0.2) is 0 Å². The van der Waals surface area contributed by atoms with Gasteiger partial charge in [-0.2, -0.15) is 11.8 Å². The quantitative estimate of drug-likeness (QED) is 0.674. The monoisotopic (exact) mass is 216 g/mol. The normalized spacial score (nSPS) is 18.1. The van der Waals surface area contributed by atoms with Crippen LogP contribution in [0.15, 0.2) is 0 Å². The fraction of sp³-hybridized carbons (Fsp3) is 0.900. The Morgan fingerprint density at radius 1 is 1.43 bits per heavy atom. The fourth-order valence-corrected chi connectivity index (χ4v) is 2.63. The number of hydrogen-bond donors (Lipinski definition) is 2. The summed E-state index contributed by atoms with van der Waals surface area (Å²) >= 11 is 1.98. The third-order valence-corrected chi connectivity index (χ3v) is 3.41. The molecule has 1 saturated heterocycles. The molecule has 1 aliphatic heterocycles. The summed E-state index contributed by atoms with van der Waals surface area (Å²) in [7, 11) is 0. The Morgan fingerprint density at radius 2 is 2.14 bits per heavy atom. The second kappa shape index (κ2) is 7.12. The molecule has 14 heavy (non-hydrogen) atoms. The first-order valence-electron chi connectivity index (χ1n) is 5.40. The predicted octanol–water partition coefficient (Wildman–Crippen LogP) is 0.998. The molecule has 1 amide bonds. The summed E-state index contributed by atoms with van der Waals surface area (Å²) in [6, 6.07) is 0.436. The van der Waals surface area contributed by atoms with E-state index in [1.807, 2.05) is 11.8 Å². The van der Waals surface area contributed by atoms with Crippen molar-refractivity contribution in [2.75, 3.05) is 24.6 Å². The minimum atomic E-state index is 0.197. The number of hydrogen-bond acceptors (Lipinski definition) is 3. The van der Waals surface area contributed by atoms with E-state index in [2.05, 4.69) is 17.6 Å². The molecule has 1 rings (SSSR count). The number of thioether (sulfide) groups is 1. The molecule has 0 spiro atoms. The molecule has 3 nitrogen and oxygen atoms in total. The van der Waals surface area contributed by atoms with E-state index in [1.165, 1.54) is 11.5 Å². The minimum absolute atomic E-state index is 0.197. The van der Waals surface area contributed by atoms with Crippen molar-refractivity contribution in [2.24, 2.45) is 0 Å². The standard InChI is InChI=1S/C10H20N2OS/c1-2-11-6-3-10(13)12-9-4-7-14-8-5-9/h9,11H,2-8H2,1H3,(H,12,13). The van der Waals surface area contributed by atoms with Crippen molar-refractivity contribution in [1.29, 1.82) is 0 Å². The average Bonchev–Trinajstić information content (AvgIpc) is 2.20. The van der Waals surface area contributed by atoms with Crippen LogP contribution in [0.1, 0.15) is 26.2 Å². The number of carbonyl (C=O) groups is 1. The fourth-order valence-electron chi connectivity index (χ4n) is 1.52. The first kappa shape index (κ1) is 11.9. The van der Waals surface area contributed by atoms with Crippen LogP contribution < -0.4 is 10.6 Å². The summed E-state index contributed by atoms with van der Waals surface area (Å²) in [5.41, 5.74) is 0. The highest BCUT2D eigenvalue weighted by atomic mass is 32.2. The molecule has 0 radical (unpaired) electrons. The van der Waals surface area contributed by atoms with Crippen molar-refractivity contribution in [2.45, 2.75) is 32.2 Å². The van der Waals surface area contributed by atoms with Gasteiger partial charge in [0.2, 0.25) is 5.91 Å². The summed E-state index contributed by atoms with van der Waals surface area (Å²) in [5, 5.41) is 6.24. The topological polar surface area (TPSA) is 41.1 Å². The molecular formula is C10H20N2OS. The Balaban J connectivity index is 2.06. The van der Waals surface area contributed by atoms with E-state index in [1.54, 1.807) is 0 Å². The van der Waals surface area contributed by atoms with Crippen LogP contribution in [0.25, 0.3) is 0 Å². The van der Waals surface area contributed by atoms with Gasteiger partial charge in [0.05, 0.1) is 0 Å². The van der Waals surface area contributed by atoms with Gasteiger partial charge >= 0.3 is 0 Å². The van der Waals surface area contributed by atoms with Crippen molar-refractivity contribution >= 4 is 17.7 Å². The highest BCUT2D eigenvalue weighted by Crippen LogP contribution is 2.16. The van der Waals surface area contributed by atoms with E-state index < -0.39 is 0 Å². The third kappa shape index (κ3) is 4.86. The van der Waals surface area contributed by atoms with E-state index in [-0.39, 0.29) is 5.91 Å². The van der Waals surface area contributed by atoms with Crippen molar-refractivity contribution < 1.29 is 4.79 Å². The van der Waals surface area contributed by atoms with Gasteiger partial charge in [-0.15, -0.1) is 0 Å². The molecule has 1 aliphatic rings. The Kier molecular flexibility index (Phi) is 6.03. The van der Waals surface area contributed by atoms with Gasteiger partial charge in [-0.3, -0.25) is 4.79 Å². The molecule has 0 aliphatic carbocycles. The van der Waals surface area contributed by atoms with Crippen LogP contribution in [-0.2, 0) is 4.79 Å². The molecular weight excluding hydrogens is 196 g/mol. The number of nitrogens with one attached hydrogen (secondary N) is 2. The maximum absolute atomic E-state index is 11.4. The van der Waals surface area contributed by atoms with Gasteiger partial charge in [0.25, 0.3) is 0 Å². The largest absolute Gasteiger partial charge is 0.353 e. The molecule has 0 aromatic carbocycles. The van der Waals surface area contributed by atoms with Crippen LogP contribution in [0.4, 0.5) is 0 Å². The molecule has 82 valence electrons. The molecule has 0 unspecified atom stereocenters. The Hall–Kier alpha value is -0.220. The van der Waals surface area contributed by atoms with Gasteiger partial charge in [0, 0.05) is 19.0 Å². The Labute approximate surface area is 90.4 Å². The van der Waals surface area contributed by atoms with Crippen molar-refractivity contribution in [3.05, 3.63) is 0 Å². The van der Waals surface area contributed by atoms with Gasteiger partial charge in [0.1, 0.15) is 0 Å². The highest BCUT2D eigenvalue weighted by Gasteiger charge is 2.15. The molecule has 0 aromatic heterocycles. The van der Waals surface area contributed by atoms with Crippen LogP contribution in [0.3, 0.4) is 0 Å². The van der Waals surface area contributed by atoms with E-state index in [0.29, 0.717) is 12.5 Å². The van der Waals surface area contributed by atoms with E-state index >= 15 is 0 Å². The van der Waals surface area contributed by atoms with Crippen LogP contribution in [0.5, 0.6) is 0 Å². The molecule has 0 atom stereocenters. The zero-order valence-electron chi connectivity index (χ0n) is 8.84. The van der Waals surface area contributed by atoms with Gasteiger partial charge in [0.15, 0.2) is 0 Å². The minimum Gasteiger partial charge on any atom is -0.353 e. The SMILES string of the molecule is CCNCCC(=O)NC1CCSCC1.